The standard InChI is InChI=1S/C6H10N2O2/c1-2-3-6-7-5(4-9)8-10-6/h9H,2-4H2,1H3. The first-order chi connectivity index (χ1) is 4.86. The molecule has 1 rings (SSSR count). The Bertz CT molecular complexity index is 197. The normalized spacial score (nSPS) is 10.2. The summed E-state index contributed by atoms with van der Waals surface area (Å²) in [5.41, 5.74) is 0. The maximum Gasteiger partial charge on any atom is 0.226 e. The van der Waals surface area contributed by atoms with E-state index in [0.29, 0.717) is 11.7 Å². The highest BCUT2D eigenvalue weighted by Gasteiger charge is 2.01. The van der Waals surface area contributed by atoms with Crippen molar-refractivity contribution in [1.82, 2.24) is 10.1 Å². The van der Waals surface area contributed by atoms with E-state index in [1.807, 2.05) is 6.92 Å². The van der Waals surface area contributed by atoms with Crippen molar-refractivity contribution in [2.75, 3.05) is 0 Å². The van der Waals surface area contributed by atoms with Gasteiger partial charge in [0.05, 0.1) is 0 Å². The van der Waals surface area contributed by atoms with Gasteiger partial charge in [0.2, 0.25) is 5.89 Å². The van der Waals surface area contributed by atoms with Crippen LogP contribution in [0.2, 0.25) is 0 Å². The Kier molecular flexibility index (Phi) is 2.39. The third kappa shape index (κ3) is 1.54. The van der Waals surface area contributed by atoms with Crippen molar-refractivity contribution < 1.29 is 9.63 Å². The van der Waals surface area contributed by atoms with Gasteiger partial charge in [-0.3, -0.25) is 0 Å². The second-order valence-electron chi connectivity index (χ2n) is 2.01. The van der Waals surface area contributed by atoms with E-state index in [-0.39, 0.29) is 6.61 Å². The smallest absolute Gasteiger partial charge is 0.226 e. The van der Waals surface area contributed by atoms with Crippen LogP contribution in [-0.2, 0) is 13.0 Å². The molecule has 0 aliphatic carbocycles. The molecule has 0 atom stereocenters. The summed E-state index contributed by atoms with van der Waals surface area (Å²) in [5, 5.41) is 12.1. The summed E-state index contributed by atoms with van der Waals surface area (Å²) in [6.45, 7) is 1.88. The predicted molar refractivity (Wildman–Crippen MR) is 34.2 cm³/mol. The molecular weight excluding hydrogens is 132 g/mol. The van der Waals surface area contributed by atoms with Gasteiger partial charge in [0, 0.05) is 6.42 Å². The molecule has 0 aliphatic heterocycles. The van der Waals surface area contributed by atoms with Crippen molar-refractivity contribution in [3.8, 4) is 0 Å². The average Bonchev–Trinajstić information content (AvgIpc) is 2.37. The molecule has 0 unspecified atom stereocenters. The van der Waals surface area contributed by atoms with Crippen LogP contribution in [0.1, 0.15) is 25.1 Å². The number of aliphatic hydroxyl groups excluding tert-OH is 1. The zero-order chi connectivity index (χ0) is 7.40. The largest absolute Gasteiger partial charge is 0.388 e. The highest BCUT2D eigenvalue weighted by Crippen LogP contribution is 1.99. The van der Waals surface area contributed by atoms with Gasteiger partial charge in [-0.25, -0.2) is 0 Å². The molecule has 0 fully saturated rings. The van der Waals surface area contributed by atoms with Gasteiger partial charge in [0.25, 0.3) is 0 Å². The van der Waals surface area contributed by atoms with Crippen molar-refractivity contribution in [2.24, 2.45) is 0 Å². The third-order valence-electron chi connectivity index (χ3n) is 1.12. The molecule has 0 spiro atoms. The van der Waals surface area contributed by atoms with Crippen LogP contribution >= 0.6 is 0 Å². The molecule has 10 heavy (non-hydrogen) atoms. The van der Waals surface area contributed by atoms with Crippen LogP contribution in [0.15, 0.2) is 4.52 Å². The SMILES string of the molecule is CCCc1nc(CO)no1. The Balaban J connectivity index is 2.59. The average molecular weight is 142 g/mol. The molecule has 0 radical (unpaired) electrons. The van der Waals surface area contributed by atoms with Gasteiger partial charge in [-0.05, 0) is 6.42 Å². The first-order valence-electron chi connectivity index (χ1n) is 3.29. The fourth-order valence-electron chi connectivity index (χ4n) is 0.670. The van der Waals surface area contributed by atoms with Crippen molar-refractivity contribution >= 4 is 0 Å². The third-order valence-corrected chi connectivity index (χ3v) is 1.12. The topological polar surface area (TPSA) is 59.2 Å². The molecule has 56 valence electrons. The van der Waals surface area contributed by atoms with E-state index in [4.69, 9.17) is 9.63 Å². The highest BCUT2D eigenvalue weighted by molar-refractivity contribution is 4.83. The monoisotopic (exact) mass is 142 g/mol. The summed E-state index contributed by atoms with van der Waals surface area (Å²) in [6, 6.07) is 0. The van der Waals surface area contributed by atoms with Crippen LogP contribution in [0.3, 0.4) is 0 Å². The van der Waals surface area contributed by atoms with E-state index < -0.39 is 0 Å². The summed E-state index contributed by atoms with van der Waals surface area (Å²) in [4.78, 5) is 3.89. The number of hydrogen-bond acceptors (Lipinski definition) is 4. The minimum absolute atomic E-state index is 0.146. The molecule has 4 heteroatoms. The lowest BCUT2D eigenvalue weighted by Gasteiger charge is -1.82. The van der Waals surface area contributed by atoms with E-state index in [2.05, 4.69) is 10.1 Å². The van der Waals surface area contributed by atoms with Gasteiger partial charge in [-0.15, -0.1) is 0 Å². The fraction of sp³-hybridized carbons (Fsp3) is 0.667. The molecule has 1 aromatic rings. The lowest BCUT2D eigenvalue weighted by Crippen LogP contribution is -1.86. The van der Waals surface area contributed by atoms with E-state index in [9.17, 15) is 0 Å². The van der Waals surface area contributed by atoms with Gasteiger partial charge in [0.15, 0.2) is 5.82 Å². The number of rotatable bonds is 3. The Labute approximate surface area is 58.9 Å². The van der Waals surface area contributed by atoms with Crippen LogP contribution in [-0.4, -0.2) is 15.2 Å². The fourth-order valence-corrected chi connectivity index (χ4v) is 0.670. The molecule has 1 aromatic heterocycles. The Morgan fingerprint density at radius 1 is 1.60 bits per heavy atom. The summed E-state index contributed by atoms with van der Waals surface area (Å²) >= 11 is 0. The Morgan fingerprint density at radius 3 is 2.90 bits per heavy atom. The van der Waals surface area contributed by atoms with Crippen LogP contribution < -0.4 is 0 Å². The van der Waals surface area contributed by atoms with Crippen molar-refractivity contribution in [1.29, 1.82) is 0 Å². The molecule has 1 N–H and O–H groups in total. The van der Waals surface area contributed by atoms with Crippen LogP contribution in [0, 0.1) is 0 Å². The summed E-state index contributed by atoms with van der Waals surface area (Å²) < 4.78 is 4.77. The van der Waals surface area contributed by atoms with E-state index in [0.717, 1.165) is 12.8 Å². The quantitative estimate of drug-likeness (QED) is 0.668. The molecule has 0 aromatic carbocycles. The molecule has 0 saturated carbocycles. The van der Waals surface area contributed by atoms with Crippen molar-refractivity contribution in [2.45, 2.75) is 26.4 Å². The molecule has 0 amide bonds. The maximum atomic E-state index is 8.53. The molecular formula is C6H10N2O2. The van der Waals surface area contributed by atoms with Crippen LogP contribution in [0.5, 0.6) is 0 Å². The summed E-state index contributed by atoms with van der Waals surface area (Å²) in [7, 11) is 0. The number of nitrogens with zero attached hydrogens (tertiary/aromatic N) is 2. The van der Waals surface area contributed by atoms with Crippen LogP contribution in [0.4, 0.5) is 0 Å². The predicted octanol–water partition coefficient (Wildman–Crippen LogP) is 0.514. The lowest BCUT2D eigenvalue weighted by atomic mass is 10.3. The number of aromatic nitrogens is 2. The number of aliphatic hydroxyl groups is 1. The highest BCUT2D eigenvalue weighted by atomic mass is 16.5. The van der Waals surface area contributed by atoms with Crippen molar-refractivity contribution in [3.63, 3.8) is 0 Å². The Morgan fingerprint density at radius 2 is 2.40 bits per heavy atom. The number of aryl methyl sites for hydroxylation is 1. The van der Waals surface area contributed by atoms with Crippen molar-refractivity contribution in [3.05, 3.63) is 11.7 Å². The lowest BCUT2D eigenvalue weighted by molar-refractivity contribution is 0.262. The summed E-state index contributed by atoms with van der Waals surface area (Å²) in [5.74, 6) is 0.968. The van der Waals surface area contributed by atoms with Gasteiger partial charge in [-0.1, -0.05) is 12.1 Å². The van der Waals surface area contributed by atoms with E-state index in [1.54, 1.807) is 0 Å². The Hall–Kier alpha value is -0.900. The first kappa shape index (κ1) is 7.21. The first-order valence-corrected chi connectivity index (χ1v) is 3.29. The summed E-state index contributed by atoms with van der Waals surface area (Å²) in [6.07, 6.45) is 1.76. The second-order valence-corrected chi connectivity index (χ2v) is 2.01. The molecule has 0 saturated heterocycles. The van der Waals surface area contributed by atoms with Gasteiger partial charge in [-0.2, -0.15) is 4.98 Å². The molecule has 4 nitrogen and oxygen atoms in total. The van der Waals surface area contributed by atoms with Gasteiger partial charge in [0.1, 0.15) is 6.61 Å². The minimum atomic E-state index is -0.146. The molecule has 1 heterocycles. The van der Waals surface area contributed by atoms with Gasteiger partial charge >= 0.3 is 0 Å². The van der Waals surface area contributed by atoms with E-state index >= 15 is 0 Å². The van der Waals surface area contributed by atoms with E-state index in [1.165, 1.54) is 0 Å². The molecule has 0 bridgehead atoms. The number of hydrogen-bond donors (Lipinski definition) is 1. The van der Waals surface area contributed by atoms with Gasteiger partial charge < -0.3 is 9.63 Å². The zero-order valence-corrected chi connectivity index (χ0v) is 5.87. The van der Waals surface area contributed by atoms with Crippen LogP contribution in [0.25, 0.3) is 0 Å². The molecule has 0 aliphatic rings. The minimum Gasteiger partial charge on any atom is -0.388 e. The second kappa shape index (κ2) is 3.31. The maximum absolute atomic E-state index is 8.53. The zero-order valence-electron chi connectivity index (χ0n) is 5.87.